The van der Waals surface area contributed by atoms with E-state index in [-0.39, 0.29) is 5.11 Å². The Morgan fingerprint density at radius 2 is 1.92 bits per heavy atom. The van der Waals surface area contributed by atoms with Gasteiger partial charge in [-0.1, -0.05) is 23.2 Å². The lowest BCUT2D eigenvalue weighted by Gasteiger charge is -2.16. The summed E-state index contributed by atoms with van der Waals surface area (Å²) in [5, 5.41) is 15.0. The number of nitriles is 1. The molecule has 2 aromatic rings. The summed E-state index contributed by atoms with van der Waals surface area (Å²) in [4.78, 5) is 12.2. The van der Waals surface area contributed by atoms with Crippen LogP contribution in [0.25, 0.3) is 0 Å². The fourth-order valence-corrected chi connectivity index (χ4v) is 2.49. The number of halogens is 2. The molecule has 0 spiro atoms. The van der Waals surface area contributed by atoms with E-state index in [9.17, 15) is 4.79 Å². The molecule has 0 heterocycles. The highest BCUT2D eigenvalue weighted by atomic mass is 35.5. The van der Waals surface area contributed by atoms with Crippen molar-refractivity contribution in [2.24, 2.45) is 0 Å². The van der Waals surface area contributed by atoms with Gasteiger partial charge in [0.1, 0.15) is 5.75 Å². The second-order valence-corrected chi connectivity index (χ2v) is 6.22. The molecular formula is C17H13Cl2N3O2S. The molecule has 2 N–H and O–H groups in total. The van der Waals surface area contributed by atoms with Gasteiger partial charge < -0.3 is 10.1 Å². The number of hydrogen-bond donors (Lipinski definition) is 2. The Balaban J connectivity index is 1.91. The third-order valence-corrected chi connectivity index (χ3v) is 3.81. The van der Waals surface area contributed by atoms with Gasteiger partial charge in [0, 0.05) is 10.7 Å². The minimum Gasteiger partial charge on any atom is -0.479 e. The van der Waals surface area contributed by atoms with Crippen LogP contribution in [0.5, 0.6) is 5.75 Å². The SMILES string of the molecule is CC(Oc1ccc(Cl)cc1Cl)C(=O)NC(=S)Nc1ccc(C#N)cc1. The van der Waals surface area contributed by atoms with Crippen LogP contribution < -0.4 is 15.4 Å². The first-order chi connectivity index (χ1) is 11.9. The topological polar surface area (TPSA) is 74.2 Å². The number of rotatable bonds is 4. The smallest absolute Gasteiger partial charge is 0.266 e. The number of carbonyl (C=O) groups is 1. The Labute approximate surface area is 160 Å². The number of thiocarbonyl (C=S) groups is 1. The van der Waals surface area contributed by atoms with Crippen molar-refractivity contribution in [1.82, 2.24) is 5.32 Å². The maximum Gasteiger partial charge on any atom is 0.266 e. The third kappa shape index (κ3) is 5.61. The highest BCUT2D eigenvalue weighted by Gasteiger charge is 2.17. The molecule has 0 radical (unpaired) electrons. The first-order valence-electron chi connectivity index (χ1n) is 7.13. The monoisotopic (exact) mass is 393 g/mol. The number of nitrogens with one attached hydrogen (secondary N) is 2. The van der Waals surface area contributed by atoms with Crippen LogP contribution in [-0.4, -0.2) is 17.1 Å². The second kappa shape index (κ2) is 8.67. The van der Waals surface area contributed by atoms with E-state index < -0.39 is 12.0 Å². The fraction of sp³-hybridized carbons (Fsp3) is 0.118. The summed E-state index contributed by atoms with van der Waals surface area (Å²) in [6, 6.07) is 13.4. The van der Waals surface area contributed by atoms with Gasteiger partial charge in [0.15, 0.2) is 11.2 Å². The van der Waals surface area contributed by atoms with Gasteiger partial charge in [0.05, 0.1) is 16.7 Å². The summed E-state index contributed by atoms with van der Waals surface area (Å²) in [5.41, 5.74) is 1.18. The van der Waals surface area contributed by atoms with E-state index in [0.29, 0.717) is 27.0 Å². The van der Waals surface area contributed by atoms with Crippen LogP contribution in [0.1, 0.15) is 12.5 Å². The summed E-state index contributed by atoms with van der Waals surface area (Å²) < 4.78 is 5.52. The predicted molar refractivity (Wildman–Crippen MR) is 102 cm³/mol. The number of ether oxygens (including phenoxy) is 1. The Morgan fingerprint density at radius 3 is 2.52 bits per heavy atom. The van der Waals surface area contributed by atoms with Crippen molar-refractivity contribution in [1.29, 1.82) is 5.26 Å². The molecule has 128 valence electrons. The molecule has 25 heavy (non-hydrogen) atoms. The van der Waals surface area contributed by atoms with E-state index in [1.54, 1.807) is 43.3 Å². The zero-order valence-electron chi connectivity index (χ0n) is 13.0. The molecule has 0 fully saturated rings. The van der Waals surface area contributed by atoms with E-state index in [1.165, 1.54) is 6.07 Å². The molecule has 0 aliphatic rings. The van der Waals surface area contributed by atoms with E-state index >= 15 is 0 Å². The van der Waals surface area contributed by atoms with Gasteiger partial charge in [-0.3, -0.25) is 10.1 Å². The van der Waals surface area contributed by atoms with E-state index in [2.05, 4.69) is 10.6 Å². The standard InChI is InChI=1S/C17H13Cl2N3O2S/c1-10(24-15-7-4-12(18)8-14(15)19)16(23)22-17(25)21-13-5-2-11(9-20)3-6-13/h2-8,10H,1H3,(H2,21,22,23,25). The molecular weight excluding hydrogens is 381 g/mol. The molecule has 0 bridgehead atoms. The average molecular weight is 394 g/mol. The van der Waals surface area contributed by atoms with Crippen LogP contribution in [0, 0.1) is 11.3 Å². The summed E-state index contributed by atoms with van der Waals surface area (Å²) >= 11 is 16.9. The van der Waals surface area contributed by atoms with Gasteiger partial charge in [-0.15, -0.1) is 0 Å². The lowest BCUT2D eigenvalue weighted by atomic mass is 10.2. The molecule has 5 nitrogen and oxygen atoms in total. The van der Waals surface area contributed by atoms with Gasteiger partial charge in [0.2, 0.25) is 0 Å². The van der Waals surface area contributed by atoms with Crippen molar-refractivity contribution in [2.75, 3.05) is 5.32 Å². The number of benzene rings is 2. The maximum absolute atomic E-state index is 12.2. The Bertz CT molecular complexity index is 835. The van der Waals surface area contributed by atoms with Crippen LogP contribution >= 0.6 is 35.4 Å². The zero-order chi connectivity index (χ0) is 18.4. The Hall–Kier alpha value is -2.33. The molecule has 2 rings (SSSR count). The largest absolute Gasteiger partial charge is 0.479 e. The van der Waals surface area contributed by atoms with Crippen LogP contribution in [0.2, 0.25) is 10.0 Å². The lowest BCUT2D eigenvalue weighted by Crippen LogP contribution is -2.42. The van der Waals surface area contributed by atoms with Crippen LogP contribution in [0.3, 0.4) is 0 Å². The summed E-state index contributed by atoms with van der Waals surface area (Å²) in [7, 11) is 0. The number of nitrogens with zero attached hydrogens (tertiary/aromatic N) is 1. The molecule has 0 saturated heterocycles. The number of anilines is 1. The molecule has 0 aliphatic carbocycles. The molecule has 1 atom stereocenters. The fourth-order valence-electron chi connectivity index (χ4n) is 1.82. The molecule has 2 aromatic carbocycles. The van der Waals surface area contributed by atoms with Gasteiger partial charge >= 0.3 is 0 Å². The molecule has 1 unspecified atom stereocenters. The van der Waals surface area contributed by atoms with E-state index in [1.807, 2.05) is 6.07 Å². The van der Waals surface area contributed by atoms with Gasteiger partial charge in [-0.05, 0) is 61.6 Å². The van der Waals surface area contributed by atoms with Crippen molar-refractivity contribution in [2.45, 2.75) is 13.0 Å². The van der Waals surface area contributed by atoms with Gasteiger partial charge in [-0.2, -0.15) is 5.26 Å². The quantitative estimate of drug-likeness (QED) is 0.763. The van der Waals surface area contributed by atoms with Crippen molar-refractivity contribution in [3.63, 3.8) is 0 Å². The van der Waals surface area contributed by atoms with E-state index in [4.69, 9.17) is 45.4 Å². The molecule has 0 aliphatic heterocycles. The Kier molecular flexibility index (Phi) is 6.59. The highest BCUT2D eigenvalue weighted by Crippen LogP contribution is 2.28. The predicted octanol–water partition coefficient (Wildman–Crippen LogP) is 4.15. The zero-order valence-corrected chi connectivity index (χ0v) is 15.4. The number of amides is 1. The first kappa shape index (κ1) is 19.0. The normalized spacial score (nSPS) is 11.1. The first-order valence-corrected chi connectivity index (χ1v) is 8.29. The van der Waals surface area contributed by atoms with Crippen LogP contribution in [-0.2, 0) is 4.79 Å². The minimum atomic E-state index is -0.820. The minimum absolute atomic E-state index is 0.118. The van der Waals surface area contributed by atoms with Crippen molar-refractivity contribution < 1.29 is 9.53 Å². The molecule has 8 heteroatoms. The van der Waals surface area contributed by atoms with Gasteiger partial charge in [-0.25, -0.2) is 0 Å². The average Bonchev–Trinajstić information content (AvgIpc) is 2.57. The van der Waals surface area contributed by atoms with Crippen LogP contribution in [0.15, 0.2) is 42.5 Å². The lowest BCUT2D eigenvalue weighted by molar-refractivity contribution is -0.125. The highest BCUT2D eigenvalue weighted by molar-refractivity contribution is 7.80. The molecule has 1 amide bonds. The number of hydrogen-bond acceptors (Lipinski definition) is 4. The maximum atomic E-state index is 12.2. The summed E-state index contributed by atoms with van der Waals surface area (Å²) in [6.07, 6.45) is -0.820. The van der Waals surface area contributed by atoms with E-state index in [0.717, 1.165) is 0 Å². The third-order valence-electron chi connectivity index (χ3n) is 3.08. The summed E-state index contributed by atoms with van der Waals surface area (Å²) in [6.45, 7) is 1.57. The molecule has 0 aromatic heterocycles. The number of carbonyl (C=O) groups excluding carboxylic acids is 1. The molecule has 0 saturated carbocycles. The van der Waals surface area contributed by atoms with Crippen molar-refractivity contribution in [3.8, 4) is 11.8 Å². The van der Waals surface area contributed by atoms with Crippen LogP contribution in [0.4, 0.5) is 5.69 Å². The second-order valence-electron chi connectivity index (χ2n) is 4.97. The van der Waals surface area contributed by atoms with Crippen molar-refractivity contribution in [3.05, 3.63) is 58.1 Å². The summed E-state index contributed by atoms with van der Waals surface area (Å²) in [5.74, 6) is -0.0863. The van der Waals surface area contributed by atoms with Gasteiger partial charge in [0.25, 0.3) is 5.91 Å². The van der Waals surface area contributed by atoms with Crippen molar-refractivity contribution >= 4 is 52.1 Å². The Morgan fingerprint density at radius 1 is 1.24 bits per heavy atom.